The number of carbonyl (C=O) groups excluding carboxylic acids is 1. The number of piperidine rings is 2. The Morgan fingerprint density at radius 3 is 2.47 bits per heavy atom. The second kappa shape index (κ2) is 5.83. The lowest BCUT2D eigenvalue weighted by Crippen LogP contribution is -2.52. The highest BCUT2D eigenvalue weighted by Gasteiger charge is 2.28. The molecular weight excluding hydrogens is 214 g/mol. The van der Waals surface area contributed by atoms with Gasteiger partial charge in [-0.3, -0.25) is 9.69 Å². The van der Waals surface area contributed by atoms with Crippen LogP contribution in [0.5, 0.6) is 0 Å². The third kappa shape index (κ3) is 3.19. The van der Waals surface area contributed by atoms with Crippen molar-refractivity contribution in [2.24, 2.45) is 0 Å². The number of likely N-dealkylation sites (tertiary alicyclic amines) is 2. The largest absolute Gasteiger partial charge is 0.343 e. The molecule has 4 nitrogen and oxygen atoms in total. The predicted octanol–water partition coefficient (Wildman–Crippen LogP) is 0.681. The molecule has 1 N–H and O–H groups in total. The van der Waals surface area contributed by atoms with Crippen molar-refractivity contribution in [3.8, 4) is 0 Å². The van der Waals surface area contributed by atoms with Gasteiger partial charge in [0.1, 0.15) is 0 Å². The number of amides is 1. The van der Waals surface area contributed by atoms with Gasteiger partial charge in [0.15, 0.2) is 0 Å². The van der Waals surface area contributed by atoms with Crippen molar-refractivity contribution in [2.75, 3.05) is 33.2 Å². The predicted molar refractivity (Wildman–Crippen MR) is 68.9 cm³/mol. The maximum atomic E-state index is 11.3. The van der Waals surface area contributed by atoms with Crippen molar-refractivity contribution in [3.63, 3.8) is 0 Å². The lowest BCUT2D eigenvalue weighted by Gasteiger charge is -2.42. The molecule has 0 spiro atoms. The van der Waals surface area contributed by atoms with Crippen molar-refractivity contribution in [1.29, 1.82) is 0 Å². The van der Waals surface area contributed by atoms with Crippen molar-refractivity contribution < 1.29 is 4.79 Å². The van der Waals surface area contributed by atoms with Gasteiger partial charge in [-0.1, -0.05) is 0 Å². The summed E-state index contributed by atoms with van der Waals surface area (Å²) in [5, 5.41) is 3.39. The average molecular weight is 239 g/mol. The smallest absolute Gasteiger partial charge is 0.219 e. The maximum absolute atomic E-state index is 11.3. The second-order valence-electron chi connectivity index (χ2n) is 5.36. The van der Waals surface area contributed by atoms with E-state index in [9.17, 15) is 4.79 Å². The molecule has 2 heterocycles. The summed E-state index contributed by atoms with van der Waals surface area (Å²) in [6.07, 6.45) is 4.91. The van der Waals surface area contributed by atoms with E-state index in [4.69, 9.17) is 0 Å². The average Bonchev–Trinajstić information content (AvgIpc) is 2.39. The molecule has 0 aromatic rings. The highest BCUT2D eigenvalue weighted by Crippen LogP contribution is 2.21. The molecule has 2 saturated heterocycles. The molecular formula is C13H25N3O. The van der Waals surface area contributed by atoms with Gasteiger partial charge < -0.3 is 10.2 Å². The molecule has 17 heavy (non-hydrogen) atoms. The SMILES string of the molecule is CNC1CCCN(C2CCN(C(C)=O)CC2)C1. The zero-order valence-electron chi connectivity index (χ0n) is 11.1. The highest BCUT2D eigenvalue weighted by atomic mass is 16.2. The van der Waals surface area contributed by atoms with E-state index >= 15 is 0 Å². The lowest BCUT2D eigenvalue weighted by molar-refractivity contribution is -0.130. The van der Waals surface area contributed by atoms with Gasteiger partial charge in [-0.25, -0.2) is 0 Å². The zero-order chi connectivity index (χ0) is 12.3. The van der Waals surface area contributed by atoms with Crippen molar-refractivity contribution in [2.45, 2.75) is 44.7 Å². The van der Waals surface area contributed by atoms with Gasteiger partial charge in [0, 0.05) is 38.6 Å². The summed E-state index contributed by atoms with van der Waals surface area (Å²) >= 11 is 0. The molecule has 1 amide bonds. The standard InChI is InChI=1S/C13H25N3O/c1-11(17)15-8-5-13(6-9-15)16-7-3-4-12(10-16)14-2/h12-14H,3-10H2,1-2H3. The molecule has 1 atom stereocenters. The maximum Gasteiger partial charge on any atom is 0.219 e. The van der Waals surface area contributed by atoms with E-state index < -0.39 is 0 Å². The van der Waals surface area contributed by atoms with Crippen molar-refractivity contribution >= 4 is 5.91 Å². The molecule has 2 fully saturated rings. The van der Waals surface area contributed by atoms with E-state index in [1.807, 2.05) is 4.90 Å². The highest BCUT2D eigenvalue weighted by molar-refractivity contribution is 5.73. The Morgan fingerprint density at radius 2 is 1.88 bits per heavy atom. The van der Waals surface area contributed by atoms with Gasteiger partial charge in [-0.05, 0) is 39.3 Å². The van der Waals surface area contributed by atoms with Gasteiger partial charge in [-0.2, -0.15) is 0 Å². The number of hydrogen-bond acceptors (Lipinski definition) is 3. The van der Waals surface area contributed by atoms with E-state index in [-0.39, 0.29) is 5.91 Å². The molecule has 2 aliphatic heterocycles. The zero-order valence-corrected chi connectivity index (χ0v) is 11.1. The molecule has 0 aromatic carbocycles. The van der Waals surface area contributed by atoms with Crippen LogP contribution in [0.4, 0.5) is 0 Å². The number of nitrogens with one attached hydrogen (secondary N) is 1. The monoisotopic (exact) mass is 239 g/mol. The van der Waals surface area contributed by atoms with Crippen LogP contribution in [0.2, 0.25) is 0 Å². The first-order valence-electron chi connectivity index (χ1n) is 6.87. The molecule has 0 aromatic heterocycles. The van der Waals surface area contributed by atoms with Gasteiger partial charge in [-0.15, -0.1) is 0 Å². The van der Waals surface area contributed by atoms with Crippen molar-refractivity contribution in [1.82, 2.24) is 15.1 Å². The van der Waals surface area contributed by atoms with Crippen LogP contribution in [0.1, 0.15) is 32.6 Å². The Bertz CT molecular complexity index is 261. The Kier molecular flexibility index (Phi) is 4.40. The summed E-state index contributed by atoms with van der Waals surface area (Å²) in [5.74, 6) is 0.232. The van der Waals surface area contributed by atoms with Crippen LogP contribution in [0.3, 0.4) is 0 Å². The number of likely N-dealkylation sites (N-methyl/N-ethyl adjacent to an activating group) is 1. The molecule has 1 unspecified atom stereocenters. The van der Waals surface area contributed by atoms with Crippen LogP contribution in [0.15, 0.2) is 0 Å². The van der Waals surface area contributed by atoms with Gasteiger partial charge in [0.25, 0.3) is 0 Å². The summed E-state index contributed by atoms with van der Waals surface area (Å²) in [6.45, 7) is 5.99. The van der Waals surface area contributed by atoms with E-state index in [1.165, 1.54) is 25.9 Å². The fraction of sp³-hybridized carbons (Fsp3) is 0.923. The minimum Gasteiger partial charge on any atom is -0.343 e. The normalized spacial score (nSPS) is 28.4. The number of nitrogens with zero attached hydrogens (tertiary/aromatic N) is 2. The number of hydrogen-bond donors (Lipinski definition) is 1. The van der Waals surface area contributed by atoms with Crippen molar-refractivity contribution in [3.05, 3.63) is 0 Å². The first-order chi connectivity index (χ1) is 8.20. The Hall–Kier alpha value is -0.610. The quantitative estimate of drug-likeness (QED) is 0.770. The molecule has 0 aliphatic carbocycles. The molecule has 0 radical (unpaired) electrons. The minimum absolute atomic E-state index is 0.232. The molecule has 0 bridgehead atoms. The summed E-state index contributed by atoms with van der Waals surface area (Å²) in [5.41, 5.74) is 0. The van der Waals surface area contributed by atoms with Crippen LogP contribution < -0.4 is 5.32 Å². The number of carbonyl (C=O) groups is 1. The van der Waals surface area contributed by atoms with E-state index in [1.54, 1.807) is 6.92 Å². The van der Waals surface area contributed by atoms with Crippen LogP contribution in [0, 0.1) is 0 Å². The Morgan fingerprint density at radius 1 is 1.18 bits per heavy atom. The summed E-state index contributed by atoms with van der Waals surface area (Å²) in [4.78, 5) is 15.9. The molecule has 2 rings (SSSR count). The van der Waals surface area contributed by atoms with E-state index in [0.29, 0.717) is 12.1 Å². The van der Waals surface area contributed by atoms with Crippen LogP contribution >= 0.6 is 0 Å². The third-order valence-corrected chi connectivity index (χ3v) is 4.29. The fourth-order valence-electron chi connectivity index (χ4n) is 3.12. The molecule has 2 aliphatic rings. The fourth-order valence-corrected chi connectivity index (χ4v) is 3.12. The van der Waals surface area contributed by atoms with Crippen LogP contribution in [-0.2, 0) is 4.79 Å². The lowest BCUT2D eigenvalue weighted by atomic mass is 9.98. The Labute approximate surface area is 104 Å². The topological polar surface area (TPSA) is 35.6 Å². The molecule has 98 valence electrons. The third-order valence-electron chi connectivity index (χ3n) is 4.29. The van der Waals surface area contributed by atoms with Gasteiger partial charge in [0.2, 0.25) is 5.91 Å². The Balaban J connectivity index is 1.81. The first kappa shape index (κ1) is 12.8. The van der Waals surface area contributed by atoms with Crippen LogP contribution in [0.25, 0.3) is 0 Å². The second-order valence-corrected chi connectivity index (χ2v) is 5.36. The summed E-state index contributed by atoms with van der Waals surface area (Å²) in [7, 11) is 2.06. The van der Waals surface area contributed by atoms with Gasteiger partial charge in [0.05, 0.1) is 0 Å². The first-order valence-corrected chi connectivity index (χ1v) is 6.87. The minimum atomic E-state index is 0.232. The van der Waals surface area contributed by atoms with E-state index in [2.05, 4.69) is 17.3 Å². The number of rotatable bonds is 2. The summed E-state index contributed by atoms with van der Waals surface area (Å²) in [6, 6.07) is 1.36. The van der Waals surface area contributed by atoms with E-state index in [0.717, 1.165) is 25.9 Å². The van der Waals surface area contributed by atoms with Gasteiger partial charge >= 0.3 is 0 Å². The molecule has 0 saturated carbocycles. The van der Waals surface area contributed by atoms with Crippen LogP contribution in [-0.4, -0.2) is 61.0 Å². The summed E-state index contributed by atoms with van der Waals surface area (Å²) < 4.78 is 0. The molecule has 4 heteroatoms.